The summed E-state index contributed by atoms with van der Waals surface area (Å²) in [6.45, 7) is 4.93. The van der Waals surface area contributed by atoms with E-state index in [0.29, 0.717) is 19.4 Å². The summed E-state index contributed by atoms with van der Waals surface area (Å²) in [5.74, 6) is -0.0388. The van der Waals surface area contributed by atoms with Gasteiger partial charge < -0.3 is 20.3 Å². The van der Waals surface area contributed by atoms with Crippen LogP contribution in [0.1, 0.15) is 418 Å². The molecular weight excluding hydrogens is 995 g/mol. The number of unbranched alkanes of at least 4 members (excludes halogenated alkanes) is 57. The molecule has 3 N–H and O–H groups in total. The van der Waals surface area contributed by atoms with Gasteiger partial charge in [-0.2, -0.15) is 0 Å². The normalized spacial score (nSPS) is 12.6. The quantitative estimate of drug-likeness (QED) is 0.0320. The van der Waals surface area contributed by atoms with Crippen molar-refractivity contribution in [3.63, 3.8) is 0 Å². The fourth-order valence-corrected chi connectivity index (χ4v) is 11.8. The molecular formula is C75H145NO5. The minimum Gasteiger partial charge on any atom is -0.466 e. The molecule has 0 radical (unpaired) electrons. The molecule has 0 saturated carbocycles. The van der Waals surface area contributed by atoms with Crippen molar-refractivity contribution in [3.05, 3.63) is 24.3 Å². The number of hydrogen-bond acceptors (Lipinski definition) is 5. The van der Waals surface area contributed by atoms with Gasteiger partial charge in [-0.05, 0) is 57.8 Å². The first-order chi connectivity index (χ1) is 40.0. The number of aliphatic hydroxyl groups is 2. The Bertz CT molecular complexity index is 1270. The molecule has 0 bridgehead atoms. The van der Waals surface area contributed by atoms with Crippen molar-refractivity contribution in [2.24, 2.45) is 0 Å². The Morgan fingerprint density at radius 1 is 0.333 bits per heavy atom. The molecule has 0 rings (SSSR count). The first-order valence-corrected chi connectivity index (χ1v) is 37.1. The average molecular weight is 1140 g/mol. The molecule has 0 aromatic carbocycles. The van der Waals surface area contributed by atoms with E-state index in [9.17, 15) is 19.8 Å². The third-order valence-electron chi connectivity index (χ3n) is 17.5. The van der Waals surface area contributed by atoms with Crippen LogP contribution in [0.5, 0.6) is 0 Å². The van der Waals surface area contributed by atoms with Crippen molar-refractivity contribution in [2.45, 2.75) is 431 Å². The monoisotopic (exact) mass is 1140 g/mol. The highest BCUT2D eigenvalue weighted by molar-refractivity contribution is 5.76. The van der Waals surface area contributed by atoms with Gasteiger partial charge in [-0.25, -0.2) is 0 Å². The molecule has 0 aromatic heterocycles. The summed E-state index contributed by atoms with van der Waals surface area (Å²) in [6.07, 6.45) is 90.1. The highest BCUT2D eigenvalue weighted by Crippen LogP contribution is 2.19. The van der Waals surface area contributed by atoms with Crippen LogP contribution < -0.4 is 5.32 Å². The van der Waals surface area contributed by atoms with Crippen LogP contribution in [0.4, 0.5) is 0 Å². The lowest BCUT2D eigenvalue weighted by Gasteiger charge is -2.20. The zero-order valence-corrected chi connectivity index (χ0v) is 55.0. The largest absolute Gasteiger partial charge is 0.466 e. The van der Waals surface area contributed by atoms with Crippen molar-refractivity contribution >= 4 is 11.9 Å². The molecule has 0 saturated heterocycles. The van der Waals surface area contributed by atoms with Gasteiger partial charge in [-0.3, -0.25) is 9.59 Å². The molecule has 0 heterocycles. The smallest absolute Gasteiger partial charge is 0.305 e. The lowest BCUT2D eigenvalue weighted by Crippen LogP contribution is -2.45. The van der Waals surface area contributed by atoms with Gasteiger partial charge in [0, 0.05) is 12.8 Å². The van der Waals surface area contributed by atoms with Crippen molar-refractivity contribution in [3.8, 4) is 0 Å². The number of carbonyl (C=O) groups excluding carboxylic acids is 2. The summed E-state index contributed by atoms with van der Waals surface area (Å²) in [5, 5.41) is 23.2. The Labute approximate surface area is 507 Å². The number of aliphatic hydroxyl groups excluding tert-OH is 2. The number of allylic oxidation sites excluding steroid dienone is 3. The Morgan fingerprint density at radius 2 is 0.580 bits per heavy atom. The number of amides is 1. The number of rotatable bonds is 70. The van der Waals surface area contributed by atoms with Crippen LogP contribution in [0.25, 0.3) is 0 Å². The van der Waals surface area contributed by atoms with E-state index >= 15 is 0 Å². The maximum absolute atomic E-state index is 12.5. The second-order valence-corrected chi connectivity index (χ2v) is 25.6. The highest BCUT2D eigenvalue weighted by atomic mass is 16.5. The average Bonchev–Trinajstić information content (AvgIpc) is 3.47. The molecule has 81 heavy (non-hydrogen) atoms. The third kappa shape index (κ3) is 67.3. The molecule has 0 fully saturated rings. The predicted molar refractivity (Wildman–Crippen MR) is 356 cm³/mol. The third-order valence-corrected chi connectivity index (χ3v) is 17.5. The minimum atomic E-state index is -0.840. The van der Waals surface area contributed by atoms with Crippen LogP contribution in [-0.4, -0.2) is 47.4 Å². The summed E-state index contributed by atoms with van der Waals surface area (Å²) in [5.41, 5.74) is 0. The number of hydrogen-bond donors (Lipinski definition) is 3. The maximum atomic E-state index is 12.5. The summed E-state index contributed by atoms with van der Waals surface area (Å²) < 4.78 is 5.48. The second kappa shape index (κ2) is 70.8. The Balaban J connectivity index is 3.32. The van der Waals surface area contributed by atoms with Crippen molar-refractivity contribution in [1.29, 1.82) is 0 Å². The van der Waals surface area contributed by atoms with Crippen molar-refractivity contribution in [2.75, 3.05) is 13.2 Å². The van der Waals surface area contributed by atoms with E-state index in [2.05, 4.69) is 31.3 Å². The number of esters is 1. The fraction of sp³-hybridized carbons (Fsp3) is 0.920. The second-order valence-electron chi connectivity index (χ2n) is 25.6. The Kier molecular flexibility index (Phi) is 69.4. The lowest BCUT2D eigenvalue weighted by molar-refractivity contribution is -0.143. The number of ether oxygens (including phenoxy) is 1. The summed E-state index contributed by atoms with van der Waals surface area (Å²) in [7, 11) is 0. The van der Waals surface area contributed by atoms with Crippen molar-refractivity contribution < 1.29 is 24.5 Å². The summed E-state index contributed by atoms with van der Waals surface area (Å²) in [4.78, 5) is 24.5. The van der Waals surface area contributed by atoms with E-state index in [1.807, 2.05) is 6.08 Å². The fourth-order valence-electron chi connectivity index (χ4n) is 11.8. The van der Waals surface area contributed by atoms with Gasteiger partial charge in [0.05, 0.1) is 25.4 Å². The van der Waals surface area contributed by atoms with E-state index in [-0.39, 0.29) is 18.5 Å². The molecule has 1 amide bonds. The SMILES string of the molecule is CCCCCCCCCCCCCC/C=C/C(O)C(CO)NC(=O)CCCCCCCCCCCCCCCCCCC/C=C\CCCCCCCCCCCCCCCCCCCCOC(=O)CCCCCCCCCCCCC. The van der Waals surface area contributed by atoms with Gasteiger partial charge >= 0.3 is 5.97 Å². The molecule has 480 valence electrons. The first-order valence-electron chi connectivity index (χ1n) is 37.1. The van der Waals surface area contributed by atoms with Crippen LogP contribution in [-0.2, 0) is 14.3 Å². The van der Waals surface area contributed by atoms with Gasteiger partial charge in [0.15, 0.2) is 0 Å². The van der Waals surface area contributed by atoms with Crippen LogP contribution >= 0.6 is 0 Å². The summed E-state index contributed by atoms with van der Waals surface area (Å²) >= 11 is 0. The maximum Gasteiger partial charge on any atom is 0.305 e. The zero-order chi connectivity index (χ0) is 58.5. The summed E-state index contributed by atoms with van der Waals surface area (Å²) in [6, 6.07) is -0.623. The Morgan fingerprint density at radius 3 is 0.877 bits per heavy atom. The van der Waals surface area contributed by atoms with Crippen LogP contribution in [0.2, 0.25) is 0 Å². The number of carbonyl (C=O) groups is 2. The van der Waals surface area contributed by atoms with Gasteiger partial charge in [-0.1, -0.05) is 372 Å². The molecule has 0 aliphatic rings. The first kappa shape index (κ1) is 79.3. The Hall–Kier alpha value is -1.66. The van der Waals surface area contributed by atoms with Gasteiger partial charge in [0.2, 0.25) is 5.91 Å². The zero-order valence-electron chi connectivity index (χ0n) is 55.0. The van der Waals surface area contributed by atoms with Gasteiger partial charge in [-0.15, -0.1) is 0 Å². The minimum absolute atomic E-state index is 0.0225. The van der Waals surface area contributed by atoms with Gasteiger partial charge in [0.1, 0.15) is 0 Å². The highest BCUT2D eigenvalue weighted by Gasteiger charge is 2.18. The molecule has 2 atom stereocenters. The van der Waals surface area contributed by atoms with Crippen molar-refractivity contribution in [1.82, 2.24) is 5.32 Å². The van der Waals surface area contributed by atoms with Gasteiger partial charge in [0.25, 0.3) is 0 Å². The van der Waals surface area contributed by atoms with E-state index in [4.69, 9.17) is 4.74 Å². The van der Waals surface area contributed by atoms with E-state index in [0.717, 1.165) is 38.5 Å². The molecule has 6 heteroatoms. The van der Waals surface area contributed by atoms with Crippen LogP contribution in [0, 0.1) is 0 Å². The molecule has 0 aromatic rings. The lowest BCUT2D eigenvalue weighted by atomic mass is 10.0. The molecule has 0 aliphatic carbocycles. The standard InChI is InChI=1S/C75H145NO5/c1-3-5-7-9-11-13-15-16-44-48-51-55-59-63-67-73(78)72(71-77)76-74(79)68-64-60-56-52-49-45-42-40-38-36-34-32-30-28-26-24-22-20-18-17-19-21-23-25-27-29-31-33-35-37-39-41-43-46-50-54-58-62-66-70-81-75(80)69-65-61-57-53-47-14-12-10-8-6-4-2/h17-18,63,67,72-73,77-78H,3-16,19-62,64-66,68-71H2,1-2H3,(H,76,79)/b18-17-,67-63+. The predicted octanol–water partition coefficient (Wildman–Crippen LogP) is 24.1. The van der Waals surface area contributed by atoms with Crippen LogP contribution in [0.15, 0.2) is 24.3 Å². The molecule has 0 aliphatic heterocycles. The topological polar surface area (TPSA) is 95.9 Å². The molecule has 0 spiro atoms. The number of nitrogens with one attached hydrogen (secondary N) is 1. The van der Waals surface area contributed by atoms with E-state index in [1.165, 1.54) is 353 Å². The molecule has 6 nitrogen and oxygen atoms in total. The van der Waals surface area contributed by atoms with E-state index < -0.39 is 12.1 Å². The van der Waals surface area contributed by atoms with Crippen LogP contribution in [0.3, 0.4) is 0 Å². The van der Waals surface area contributed by atoms with E-state index in [1.54, 1.807) is 6.08 Å². The molecule has 2 unspecified atom stereocenters.